The molecule has 0 aliphatic rings. The Morgan fingerprint density at radius 2 is 1.76 bits per heavy atom. The number of fused-ring (bicyclic) bond motifs is 2. The minimum Gasteiger partial charge on any atom is -0.495 e. The van der Waals surface area contributed by atoms with Crippen LogP contribution in [0.3, 0.4) is 0 Å². The number of benzene rings is 1. The number of rotatable bonds is 4. The van der Waals surface area contributed by atoms with Crippen LogP contribution in [0.25, 0.3) is 55.7 Å². The lowest BCUT2D eigenvalue weighted by molar-refractivity contribution is 0.413. The zero-order valence-corrected chi connectivity index (χ0v) is 17.5. The highest BCUT2D eigenvalue weighted by molar-refractivity contribution is 6.00. The normalized spacial score (nSPS) is 11.3. The molecule has 33 heavy (non-hydrogen) atoms. The lowest BCUT2D eigenvalue weighted by Gasteiger charge is -2.04. The number of hydrogen-bond acceptors (Lipinski definition) is 5. The Bertz CT molecular complexity index is 1640. The van der Waals surface area contributed by atoms with Crippen molar-refractivity contribution in [3.8, 4) is 39.7 Å². The van der Waals surface area contributed by atoms with Gasteiger partial charge in [0.15, 0.2) is 0 Å². The molecule has 0 amide bonds. The van der Waals surface area contributed by atoms with Gasteiger partial charge in [-0.05, 0) is 36.4 Å². The third-order valence-corrected chi connectivity index (χ3v) is 5.59. The molecule has 2 N–H and O–H groups in total. The summed E-state index contributed by atoms with van der Waals surface area (Å²) < 4.78 is 19.1. The highest BCUT2D eigenvalue weighted by atomic mass is 19.1. The zero-order chi connectivity index (χ0) is 22.4. The Labute approximate surface area is 187 Å². The van der Waals surface area contributed by atoms with Crippen molar-refractivity contribution in [3.63, 3.8) is 0 Å². The summed E-state index contributed by atoms with van der Waals surface area (Å²) in [5, 5.41) is 9.38. The molecular weight excluding hydrogens is 419 g/mol. The maximum atomic E-state index is 13.8. The molecule has 160 valence electrons. The van der Waals surface area contributed by atoms with Gasteiger partial charge in [-0.1, -0.05) is 12.1 Å². The molecule has 0 fully saturated rings. The Balaban J connectivity index is 1.49. The quantitative estimate of drug-likeness (QED) is 0.387. The highest BCUT2D eigenvalue weighted by Gasteiger charge is 2.15. The van der Waals surface area contributed by atoms with Crippen LogP contribution in [0.2, 0.25) is 0 Å². The number of halogens is 1. The van der Waals surface area contributed by atoms with E-state index in [4.69, 9.17) is 4.74 Å². The number of nitrogens with one attached hydrogen (secondary N) is 2. The molecule has 0 atom stereocenters. The first-order chi connectivity index (χ1) is 16.2. The summed E-state index contributed by atoms with van der Waals surface area (Å²) in [6, 6.07) is 14.2. The summed E-state index contributed by atoms with van der Waals surface area (Å²) in [4.78, 5) is 16.7. The van der Waals surface area contributed by atoms with Crippen LogP contribution >= 0.6 is 0 Å². The van der Waals surface area contributed by atoms with Gasteiger partial charge in [0, 0.05) is 39.8 Å². The SMILES string of the molecule is COc1cncc(-c2cc3c(-c4cc5c(-c6cccc(F)c6)nccc5[nH]4)n[nH]c3cn2)c1. The number of hydrogen-bond donors (Lipinski definition) is 2. The Morgan fingerprint density at radius 1 is 0.848 bits per heavy atom. The third-order valence-electron chi connectivity index (χ3n) is 5.59. The van der Waals surface area contributed by atoms with Crippen molar-refractivity contribution in [3.05, 3.63) is 79.1 Å². The second-order valence-corrected chi connectivity index (χ2v) is 7.61. The Hall–Kier alpha value is -4.59. The number of aromatic nitrogens is 6. The van der Waals surface area contributed by atoms with Crippen molar-refractivity contribution in [1.29, 1.82) is 0 Å². The summed E-state index contributed by atoms with van der Waals surface area (Å²) in [7, 11) is 1.61. The first-order valence-electron chi connectivity index (χ1n) is 10.3. The molecule has 5 aromatic heterocycles. The number of H-pyrrole nitrogens is 2. The van der Waals surface area contributed by atoms with E-state index in [1.54, 1.807) is 38.0 Å². The molecule has 1 aromatic carbocycles. The number of methoxy groups -OCH3 is 1. The maximum Gasteiger partial charge on any atom is 0.137 e. The van der Waals surface area contributed by atoms with Crippen molar-refractivity contribution in [2.75, 3.05) is 7.11 Å². The van der Waals surface area contributed by atoms with Crippen molar-refractivity contribution < 1.29 is 9.13 Å². The van der Waals surface area contributed by atoms with Gasteiger partial charge in [-0.2, -0.15) is 5.10 Å². The molecule has 0 saturated heterocycles. The first-order valence-corrected chi connectivity index (χ1v) is 10.3. The molecule has 8 heteroatoms. The zero-order valence-electron chi connectivity index (χ0n) is 17.5. The molecule has 0 aliphatic carbocycles. The van der Waals surface area contributed by atoms with Gasteiger partial charge in [0.25, 0.3) is 0 Å². The molecule has 0 unspecified atom stereocenters. The average Bonchev–Trinajstić information content (AvgIpc) is 3.47. The second kappa shape index (κ2) is 7.52. The van der Waals surface area contributed by atoms with E-state index < -0.39 is 0 Å². The number of ether oxygens (including phenoxy) is 1. The van der Waals surface area contributed by atoms with Crippen molar-refractivity contribution in [2.45, 2.75) is 0 Å². The van der Waals surface area contributed by atoms with E-state index in [0.717, 1.165) is 50.0 Å². The lowest BCUT2D eigenvalue weighted by Crippen LogP contribution is -1.88. The smallest absolute Gasteiger partial charge is 0.137 e. The van der Waals surface area contributed by atoms with Crippen LogP contribution in [0.4, 0.5) is 4.39 Å². The van der Waals surface area contributed by atoms with Gasteiger partial charge < -0.3 is 9.72 Å². The molecule has 6 aromatic rings. The van der Waals surface area contributed by atoms with E-state index in [-0.39, 0.29) is 5.82 Å². The van der Waals surface area contributed by atoms with Crippen LogP contribution in [0, 0.1) is 5.82 Å². The van der Waals surface area contributed by atoms with Crippen LogP contribution in [0.15, 0.2) is 73.3 Å². The van der Waals surface area contributed by atoms with Gasteiger partial charge in [-0.15, -0.1) is 0 Å². The number of aromatic amines is 2. The average molecular weight is 436 g/mol. The fourth-order valence-corrected chi connectivity index (χ4v) is 4.00. The summed E-state index contributed by atoms with van der Waals surface area (Å²) in [5.41, 5.74) is 6.31. The fourth-order valence-electron chi connectivity index (χ4n) is 4.00. The lowest BCUT2D eigenvalue weighted by atomic mass is 10.1. The summed E-state index contributed by atoms with van der Waals surface area (Å²) in [6.45, 7) is 0. The highest BCUT2D eigenvalue weighted by Crippen LogP contribution is 2.34. The molecule has 5 heterocycles. The van der Waals surface area contributed by atoms with E-state index >= 15 is 0 Å². The van der Waals surface area contributed by atoms with Crippen LogP contribution in [-0.4, -0.2) is 37.2 Å². The Kier molecular flexibility index (Phi) is 4.36. The summed E-state index contributed by atoms with van der Waals surface area (Å²) >= 11 is 0. The first kappa shape index (κ1) is 19.1. The molecule has 0 bridgehead atoms. The molecule has 0 radical (unpaired) electrons. The largest absolute Gasteiger partial charge is 0.495 e. The van der Waals surface area contributed by atoms with Gasteiger partial charge in [0.05, 0.1) is 42.1 Å². The van der Waals surface area contributed by atoms with Gasteiger partial charge >= 0.3 is 0 Å². The van der Waals surface area contributed by atoms with Crippen LogP contribution in [-0.2, 0) is 0 Å². The van der Waals surface area contributed by atoms with Gasteiger partial charge in [0.2, 0.25) is 0 Å². The molecule has 7 nitrogen and oxygen atoms in total. The predicted molar refractivity (Wildman–Crippen MR) is 124 cm³/mol. The summed E-state index contributed by atoms with van der Waals surface area (Å²) in [5.74, 6) is 0.363. The number of pyridine rings is 3. The van der Waals surface area contributed by atoms with Crippen molar-refractivity contribution in [1.82, 2.24) is 30.1 Å². The molecular formula is C25H17FN6O. The van der Waals surface area contributed by atoms with Crippen molar-refractivity contribution in [2.24, 2.45) is 0 Å². The van der Waals surface area contributed by atoms with Crippen LogP contribution in [0.5, 0.6) is 5.75 Å². The third kappa shape index (κ3) is 3.28. The predicted octanol–water partition coefficient (Wildman–Crippen LogP) is 5.38. The molecule has 0 aliphatic heterocycles. The van der Waals surface area contributed by atoms with Gasteiger partial charge in [-0.25, -0.2) is 4.39 Å². The second-order valence-electron chi connectivity index (χ2n) is 7.61. The fraction of sp³-hybridized carbons (Fsp3) is 0.0400. The topological polar surface area (TPSA) is 92.4 Å². The minimum absolute atomic E-state index is 0.299. The van der Waals surface area contributed by atoms with Crippen molar-refractivity contribution >= 4 is 21.8 Å². The van der Waals surface area contributed by atoms with Gasteiger partial charge in [-0.3, -0.25) is 20.1 Å². The van der Waals surface area contributed by atoms with E-state index in [9.17, 15) is 4.39 Å². The standard InChI is InChI=1S/C25H17FN6O/c1-33-17-8-15(11-27-12-17)21-9-19-23(13-29-21)31-32-25(19)22-10-18-20(30-22)5-6-28-24(18)14-3-2-4-16(26)7-14/h2-13,30H,1H3,(H,31,32). The molecule has 0 saturated carbocycles. The number of nitrogens with zero attached hydrogens (tertiary/aromatic N) is 4. The molecule has 0 spiro atoms. The van der Waals surface area contributed by atoms with E-state index in [1.807, 2.05) is 30.3 Å². The summed E-state index contributed by atoms with van der Waals surface area (Å²) in [6.07, 6.45) is 6.86. The van der Waals surface area contributed by atoms with Crippen LogP contribution in [0.1, 0.15) is 0 Å². The monoisotopic (exact) mass is 436 g/mol. The Morgan fingerprint density at radius 3 is 2.64 bits per heavy atom. The minimum atomic E-state index is -0.299. The van der Waals surface area contributed by atoms with E-state index in [1.165, 1.54) is 12.1 Å². The van der Waals surface area contributed by atoms with Gasteiger partial charge in [0.1, 0.15) is 17.3 Å². The van der Waals surface area contributed by atoms with E-state index in [2.05, 4.69) is 30.1 Å². The van der Waals surface area contributed by atoms with Crippen LogP contribution < -0.4 is 4.74 Å². The van der Waals surface area contributed by atoms with E-state index in [0.29, 0.717) is 11.4 Å². The molecule has 6 rings (SSSR count). The maximum absolute atomic E-state index is 13.8.